The molecule has 26 heavy (non-hydrogen) atoms. The molecule has 3 rings (SSSR count). The van der Waals surface area contributed by atoms with Gasteiger partial charge in [-0.25, -0.2) is 9.59 Å². The fourth-order valence-corrected chi connectivity index (χ4v) is 3.83. The molecule has 0 spiro atoms. The Hall–Kier alpha value is -1.54. The molecule has 1 saturated carbocycles. The van der Waals surface area contributed by atoms with Crippen LogP contribution in [0.2, 0.25) is 0 Å². The number of nitrogens with one attached hydrogen (secondary N) is 2. The van der Waals surface area contributed by atoms with Crippen molar-refractivity contribution in [2.45, 2.75) is 62.6 Å². The molecule has 0 radical (unpaired) electrons. The number of amides is 3. The van der Waals surface area contributed by atoms with Crippen molar-refractivity contribution in [1.29, 1.82) is 0 Å². The van der Waals surface area contributed by atoms with Crippen molar-refractivity contribution < 1.29 is 23.8 Å². The highest BCUT2D eigenvalue weighted by Crippen LogP contribution is 2.34. The molecule has 8 heteroatoms. The van der Waals surface area contributed by atoms with Gasteiger partial charge in [0, 0.05) is 26.8 Å². The van der Waals surface area contributed by atoms with Crippen LogP contribution in [0.5, 0.6) is 0 Å². The molecule has 0 aromatic rings. The number of nitrogens with zero attached hydrogens (tertiary/aromatic N) is 1. The van der Waals surface area contributed by atoms with Crippen LogP contribution in [0.1, 0.15) is 44.9 Å². The SMILES string of the molecule is COC1(CNC(=O)N2CCCCC2COC(=O)NC2CCOC2)CCC1. The molecule has 1 aliphatic carbocycles. The van der Waals surface area contributed by atoms with E-state index in [1.165, 1.54) is 0 Å². The van der Waals surface area contributed by atoms with Gasteiger partial charge in [0.2, 0.25) is 0 Å². The Morgan fingerprint density at radius 1 is 1.23 bits per heavy atom. The molecule has 0 aromatic heterocycles. The quantitative estimate of drug-likeness (QED) is 0.743. The number of ether oxygens (including phenoxy) is 3. The second-order valence-electron chi connectivity index (χ2n) is 7.55. The summed E-state index contributed by atoms with van der Waals surface area (Å²) in [6, 6.07) is -0.138. The van der Waals surface area contributed by atoms with Crippen molar-refractivity contribution in [2.24, 2.45) is 0 Å². The van der Waals surface area contributed by atoms with Crippen LogP contribution in [-0.2, 0) is 14.2 Å². The number of rotatable bonds is 6. The second-order valence-corrected chi connectivity index (χ2v) is 7.55. The van der Waals surface area contributed by atoms with Gasteiger partial charge in [-0.1, -0.05) is 0 Å². The standard InChI is InChI=1S/C18H31N3O5/c1-24-18(7-4-8-18)13-19-16(22)21-9-3-2-5-15(21)12-26-17(23)20-14-6-10-25-11-14/h14-15H,2-13H2,1H3,(H,19,22)(H,20,23). The first-order valence-electron chi connectivity index (χ1n) is 9.72. The number of methoxy groups -OCH3 is 1. The number of hydrogen-bond acceptors (Lipinski definition) is 5. The molecular weight excluding hydrogens is 338 g/mol. The zero-order valence-corrected chi connectivity index (χ0v) is 15.6. The van der Waals surface area contributed by atoms with Crippen LogP contribution < -0.4 is 10.6 Å². The van der Waals surface area contributed by atoms with Crippen LogP contribution in [0.15, 0.2) is 0 Å². The normalized spacial score (nSPS) is 27.5. The van der Waals surface area contributed by atoms with Gasteiger partial charge in [0.05, 0.1) is 24.3 Å². The first-order chi connectivity index (χ1) is 12.6. The van der Waals surface area contributed by atoms with Gasteiger partial charge in [0.25, 0.3) is 0 Å². The highest BCUT2D eigenvalue weighted by atomic mass is 16.6. The Bertz CT molecular complexity index is 486. The lowest BCUT2D eigenvalue weighted by molar-refractivity contribution is -0.0682. The largest absolute Gasteiger partial charge is 0.447 e. The van der Waals surface area contributed by atoms with E-state index >= 15 is 0 Å². The zero-order chi connectivity index (χ0) is 18.4. The Labute approximate surface area is 154 Å². The maximum atomic E-state index is 12.6. The Balaban J connectivity index is 1.44. The summed E-state index contributed by atoms with van der Waals surface area (Å²) < 4.78 is 16.2. The summed E-state index contributed by atoms with van der Waals surface area (Å²) in [6.45, 7) is 2.66. The fourth-order valence-electron chi connectivity index (χ4n) is 3.83. The molecule has 2 unspecified atom stereocenters. The van der Waals surface area contributed by atoms with Gasteiger partial charge in [0.15, 0.2) is 0 Å². The highest BCUT2D eigenvalue weighted by Gasteiger charge is 2.38. The number of piperidine rings is 1. The van der Waals surface area contributed by atoms with E-state index in [-0.39, 0.29) is 30.3 Å². The van der Waals surface area contributed by atoms with E-state index in [2.05, 4.69) is 10.6 Å². The van der Waals surface area contributed by atoms with E-state index in [0.717, 1.165) is 44.9 Å². The van der Waals surface area contributed by atoms with E-state index in [1.54, 1.807) is 12.0 Å². The molecule has 0 bridgehead atoms. The van der Waals surface area contributed by atoms with Gasteiger partial charge >= 0.3 is 12.1 Å². The third-order valence-corrected chi connectivity index (χ3v) is 5.81. The van der Waals surface area contributed by atoms with Crippen LogP contribution in [0.4, 0.5) is 9.59 Å². The molecule has 2 saturated heterocycles. The third kappa shape index (κ3) is 4.79. The molecule has 3 aliphatic rings. The van der Waals surface area contributed by atoms with Crippen LogP contribution in [-0.4, -0.2) is 74.7 Å². The molecule has 148 valence electrons. The Kier molecular flexibility index (Phi) is 6.58. The molecule has 2 aliphatic heterocycles. The van der Waals surface area contributed by atoms with E-state index in [1.807, 2.05) is 0 Å². The summed E-state index contributed by atoms with van der Waals surface area (Å²) in [4.78, 5) is 26.4. The van der Waals surface area contributed by atoms with Gasteiger partial charge in [-0.2, -0.15) is 0 Å². The predicted molar refractivity (Wildman–Crippen MR) is 95.0 cm³/mol. The zero-order valence-electron chi connectivity index (χ0n) is 15.6. The number of carbonyl (C=O) groups is 2. The topological polar surface area (TPSA) is 89.1 Å². The van der Waals surface area contributed by atoms with Crippen molar-refractivity contribution in [3.8, 4) is 0 Å². The number of hydrogen-bond donors (Lipinski definition) is 2. The molecule has 8 nitrogen and oxygen atoms in total. The number of likely N-dealkylation sites (tertiary alicyclic amines) is 1. The van der Waals surface area contributed by atoms with Crippen molar-refractivity contribution in [1.82, 2.24) is 15.5 Å². The average Bonchev–Trinajstić information content (AvgIpc) is 3.12. The summed E-state index contributed by atoms with van der Waals surface area (Å²) in [5.41, 5.74) is -0.194. The minimum atomic E-state index is -0.431. The minimum Gasteiger partial charge on any atom is -0.447 e. The minimum absolute atomic E-state index is 0.0287. The van der Waals surface area contributed by atoms with Gasteiger partial charge in [-0.05, 0) is 44.9 Å². The van der Waals surface area contributed by atoms with Crippen LogP contribution >= 0.6 is 0 Å². The van der Waals surface area contributed by atoms with Gasteiger partial charge in [-0.3, -0.25) is 0 Å². The summed E-state index contributed by atoms with van der Waals surface area (Å²) in [7, 11) is 1.71. The molecular formula is C18H31N3O5. The molecule has 0 aromatic carbocycles. The first kappa shape index (κ1) is 19.2. The Morgan fingerprint density at radius 2 is 2.08 bits per heavy atom. The monoisotopic (exact) mass is 369 g/mol. The third-order valence-electron chi connectivity index (χ3n) is 5.81. The average molecular weight is 369 g/mol. The van der Waals surface area contributed by atoms with Crippen LogP contribution in [0.3, 0.4) is 0 Å². The van der Waals surface area contributed by atoms with Crippen LogP contribution in [0.25, 0.3) is 0 Å². The van der Waals surface area contributed by atoms with E-state index in [4.69, 9.17) is 14.2 Å². The van der Waals surface area contributed by atoms with Gasteiger partial charge in [0.1, 0.15) is 6.61 Å². The smallest absolute Gasteiger partial charge is 0.407 e. The van der Waals surface area contributed by atoms with Crippen molar-refractivity contribution in [2.75, 3.05) is 40.0 Å². The molecule has 3 amide bonds. The van der Waals surface area contributed by atoms with E-state index in [9.17, 15) is 9.59 Å². The lowest BCUT2D eigenvalue weighted by Gasteiger charge is -2.42. The predicted octanol–water partition coefficient (Wildman–Crippen LogP) is 1.63. The molecule has 3 fully saturated rings. The summed E-state index contributed by atoms with van der Waals surface area (Å²) in [5, 5.41) is 5.82. The summed E-state index contributed by atoms with van der Waals surface area (Å²) in [6.07, 6.45) is 6.37. The maximum absolute atomic E-state index is 12.6. The maximum Gasteiger partial charge on any atom is 0.407 e. The number of urea groups is 1. The number of carbonyl (C=O) groups excluding carboxylic acids is 2. The van der Waals surface area contributed by atoms with E-state index in [0.29, 0.717) is 26.3 Å². The van der Waals surface area contributed by atoms with E-state index < -0.39 is 6.09 Å². The van der Waals surface area contributed by atoms with Crippen molar-refractivity contribution >= 4 is 12.1 Å². The highest BCUT2D eigenvalue weighted by molar-refractivity contribution is 5.75. The first-order valence-corrected chi connectivity index (χ1v) is 9.72. The van der Waals surface area contributed by atoms with Crippen molar-refractivity contribution in [3.05, 3.63) is 0 Å². The fraction of sp³-hybridized carbons (Fsp3) is 0.889. The van der Waals surface area contributed by atoms with Gasteiger partial charge in [-0.15, -0.1) is 0 Å². The second kappa shape index (κ2) is 8.90. The van der Waals surface area contributed by atoms with Crippen LogP contribution in [0, 0.1) is 0 Å². The molecule has 2 N–H and O–H groups in total. The number of alkyl carbamates (subject to hydrolysis) is 1. The lowest BCUT2D eigenvalue weighted by Crippen LogP contribution is -2.55. The summed E-state index contributed by atoms with van der Waals surface area (Å²) >= 11 is 0. The van der Waals surface area contributed by atoms with Crippen molar-refractivity contribution in [3.63, 3.8) is 0 Å². The Morgan fingerprint density at radius 3 is 2.73 bits per heavy atom. The van der Waals surface area contributed by atoms with Gasteiger partial charge < -0.3 is 29.7 Å². The summed E-state index contributed by atoms with van der Waals surface area (Å²) in [5.74, 6) is 0. The molecule has 2 heterocycles. The molecule has 2 atom stereocenters. The lowest BCUT2D eigenvalue weighted by atomic mass is 9.80.